The van der Waals surface area contributed by atoms with Crippen molar-refractivity contribution in [3.63, 3.8) is 0 Å². The van der Waals surface area contributed by atoms with Gasteiger partial charge in [0.2, 0.25) is 5.95 Å². The summed E-state index contributed by atoms with van der Waals surface area (Å²) >= 11 is 0. The lowest BCUT2D eigenvalue weighted by atomic mass is 9.88. The quantitative estimate of drug-likeness (QED) is 0.280. The minimum absolute atomic E-state index is 0.187. The Balaban J connectivity index is 1.28. The molecule has 1 amide bonds. The monoisotopic (exact) mass is 556 g/mol. The maximum absolute atomic E-state index is 13.3. The molecule has 0 radical (unpaired) electrons. The highest BCUT2D eigenvalue weighted by molar-refractivity contribution is 5.92. The molecule has 1 atom stereocenters. The SMILES string of the molecule is Cc1n[nH]cc1Nc1nccc(-c2ccc3c(c2)CN(C2CC(O)C2)CCC3NC(=O)c2cn(C(C)(C)C)nn2)n1. The number of benzene rings is 1. The van der Waals surface area contributed by atoms with Gasteiger partial charge in [0, 0.05) is 37.1 Å². The Kier molecular flexibility index (Phi) is 7.04. The number of rotatable bonds is 6. The van der Waals surface area contributed by atoms with Crippen molar-refractivity contribution < 1.29 is 9.90 Å². The number of carbonyl (C=O) groups excluding carboxylic acids is 1. The molecule has 4 aromatic rings. The number of nitrogens with zero attached hydrogens (tertiary/aromatic N) is 7. The van der Waals surface area contributed by atoms with Gasteiger partial charge in [0.15, 0.2) is 5.69 Å². The van der Waals surface area contributed by atoms with Gasteiger partial charge in [-0.2, -0.15) is 5.10 Å². The lowest BCUT2D eigenvalue weighted by Gasteiger charge is -2.40. The van der Waals surface area contributed by atoms with Gasteiger partial charge < -0.3 is 15.7 Å². The van der Waals surface area contributed by atoms with Crippen LogP contribution in [0.5, 0.6) is 0 Å². The van der Waals surface area contributed by atoms with Crippen LogP contribution in [0.15, 0.2) is 42.9 Å². The second kappa shape index (κ2) is 10.7. The standard InChI is InChI=1S/C29H36N10O2/c1-17-25(14-31-35-17)34-28-30-9-7-23(33-28)18-5-6-22-19(11-18)15-38(20-12-21(40)13-20)10-8-24(22)32-27(41)26-16-39(37-36-26)29(2,3)4/h5-7,9,11,14,16,20-21,24,40H,8,10,12-13,15H2,1-4H3,(H,31,35)(H,32,41)(H,30,33,34). The van der Waals surface area contributed by atoms with Crippen LogP contribution < -0.4 is 10.6 Å². The smallest absolute Gasteiger partial charge is 0.273 e. The van der Waals surface area contributed by atoms with Crippen molar-refractivity contribution in [3.8, 4) is 11.3 Å². The lowest BCUT2D eigenvalue weighted by Crippen LogP contribution is -2.47. The molecule has 2 aliphatic rings. The van der Waals surface area contributed by atoms with Crippen molar-refractivity contribution in [3.05, 3.63) is 65.4 Å². The van der Waals surface area contributed by atoms with Crippen molar-refractivity contribution in [1.29, 1.82) is 0 Å². The Hall–Kier alpha value is -4.16. The lowest BCUT2D eigenvalue weighted by molar-refractivity contribution is -0.00199. The van der Waals surface area contributed by atoms with E-state index in [-0.39, 0.29) is 23.6 Å². The fourth-order valence-corrected chi connectivity index (χ4v) is 5.42. The van der Waals surface area contributed by atoms with Crippen LogP contribution in [-0.4, -0.2) is 69.8 Å². The van der Waals surface area contributed by atoms with Crippen molar-refractivity contribution in [2.45, 2.75) is 77.2 Å². The van der Waals surface area contributed by atoms with Crippen LogP contribution in [0.25, 0.3) is 11.3 Å². The number of aromatic amines is 1. The summed E-state index contributed by atoms with van der Waals surface area (Å²) in [6, 6.07) is 8.34. The summed E-state index contributed by atoms with van der Waals surface area (Å²) in [5.74, 6) is 0.245. The normalized spacial score (nSPS) is 21.0. The van der Waals surface area contributed by atoms with Crippen molar-refractivity contribution in [2.24, 2.45) is 0 Å². The molecular formula is C29H36N10O2. The van der Waals surface area contributed by atoms with Gasteiger partial charge in [-0.15, -0.1) is 5.10 Å². The van der Waals surface area contributed by atoms with Gasteiger partial charge in [-0.1, -0.05) is 17.3 Å². The van der Waals surface area contributed by atoms with Gasteiger partial charge in [0.25, 0.3) is 5.91 Å². The number of fused-ring (bicyclic) bond motifs is 1. The first kappa shape index (κ1) is 27.0. The van der Waals surface area contributed by atoms with E-state index in [2.05, 4.69) is 53.2 Å². The van der Waals surface area contributed by atoms with E-state index < -0.39 is 0 Å². The summed E-state index contributed by atoms with van der Waals surface area (Å²) in [6.07, 6.45) is 7.28. The highest BCUT2D eigenvalue weighted by Gasteiger charge is 2.35. The van der Waals surface area contributed by atoms with Gasteiger partial charge in [-0.05, 0) is 70.2 Å². The predicted molar refractivity (Wildman–Crippen MR) is 153 cm³/mol. The highest BCUT2D eigenvalue weighted by Crippen LogP contribution is 2.35. The van der Waals surface area contributed by atoms with Crippen LogP contribution in [0.3, 0.4) is 0 Å². The molecule has 214 valence electrons. The second-order valence-corrected chi connectivity index (χ2v) is 12.0. The average molecular weight is 557 g/mol. The molecule has 4 N–H and O–H groups in total. The Bertz CT molecular complexity index is 1550. The van der Waals surface area contributed by atoms with E-state index in [4.69, 9.17) is 4.98 Å². The number of amides is 1. The molecule has 1 fully saturated rings. The summed E-state index contributed by atoms with van der Waals surface area (Å²) in [5.41, 5.74) is 5.65. The summed E-state index contributed by atoms with van der Waals surface area (Å²) in [5, 5.41) is 31.7. The molecular weight excluding hydrogens is 520 g/mol. The fourth-order valence-electron chi connectivity index (χ4n) is 5.42. The molecule has 1 aromatic carbocycles. The molecule has 0 spiro atoms. The molecule has 41 heavy (non-hydrogen) atoms. The van der Waals surface area contributed by atoms with E-state index >= 15 is 0 Å². The number of anilines is 2. The van der Waals surface area contributed by atoms with E-state index in [0.29, 0.717) is 17.7 Å². The number of nitrogens with one attached hydrogen (secondary N) is 3. The van der Waals surface area contributed by atoms with Crippen molar-refractivity contribution in [1.82, 2.24) is 45.4 Å². The van der Waals surface area contributed by atoms with Crippen LogP contribution in [-0.2, 0) is 12.1 Å². The molecule has 1 saturated carbocycles. The molecule has 4 heterocycles. The third-order valence-electron chi connectivity index (χ3n) is 7.95. The van der Waals surface area contributed by atoms with Crippen molar-refractivity contribution in [2.75, 3.05) is 11.9 Å². The zero-order valence-electron chi connectivity index (χ0n) is 23.8. The number of aromatic nitrogens is 7. The van der Waals surface area contributed by atoms with Gasteiger partial charge in [-0.25, -0.2) is 14.6 Å². The van der Waals surface area contributed by atoms with E-state index in [9.17, 15) is 9.90 Å². The topological polar surface area (TPSA) is 150 Å². The highest BCUT2D eigenvalue weighted by atomic mass is 16.3. The molecule has 0 saturated heterocycles. The zero-order valence-corrected chi connectivity index (χ0v) is 23.8. The molecule has 1 unspecified atom stereocenters. The first-order chi connectivity index (χ1) is 19.6. The summed E-state index contributed by atoms with van der Waals surface area (Å²) < 4.78 is 1.71. The molecule has 1 aliphatic carbocycles. The first-order valence-electron chi connectivity index (χ1n) is 14.0. The van der Waals surface area contributed by atoms with E-state index in [1.165, 1.54) is 0 Å². The van der Waals surface area contributed by atoms with Gasteiger partial charge >= 0.3 is 0 Å². The molecule has 3 aromatic heterocycles. The van der Waals surface area contributed by atoms with Gasteiger partial charge in [0.1, 0.15) is 0 Å². The first-order valence-corrected chi connectivity index (χ1v) is 14.0. The Morgan fingerprint density at radius 1 is 1.20 bits per heavy atom. The average Bonchev–Trinajstić information content (AvgIpc) is 3.54. The van der Waals surface area contributed by atoms with E-state index in [0.717, 1.165) is 66.1 Å². The van der Waals surface area contributed by atoms with Crippen molar-refractivity contribution >= 4 is 17.5 Å². The number of carbonyl (C=O) groups is 1. The maximum atomic E-state index is 13.3. The van der Waals surface area contributed by atoms with Crippen LogP contribution in [0.2, 0.25) is 0 Å². The number of aliphatic hydroxyl groups excluding tert-OH is 1. The van der Waals surface area contributed by atoms with Crippen LogP contribution in [0.4, 0.5) is 11.6 Å². The molecule has 6 rings (SSSR count). The Labute approximate surface area is 238 Å². The zero-order chi connectivity index (χ0) is 28.7. The number of aryl methyl sites for hydroxylation is 1. The molecule has 1 aliphatic heterocycles. The third kappa shape index (κ3) is 5.70. The maximum Gasteiger partial charge on any atom is 0.273 e. The van der Waals surface area contributed by atoms with Crippen LogP contribution >= 0.6 is 0 Å². The minimum atomic E-state index is -0.265. The van der Waals surface area contributed by atoms with E-state index in [1.807, 2.05) is 39.8 Å². The fraction of sp³-hybridized carbons (Fsp3) is 0.448. The Morgan fingerprint density at radius 2 is 2.02 bits per heavy atom. The molecule has 12 heteroatoms. The number of hydrogen-bond donors (Lipinski definition) is 4. The minimum Gasteiger partial charge on any atom is -0.393 e. The largest absolute Gasteiger partial charge is 0.393 e. The van der Waals surface area contributed by atoms with Gasteiger partial charge in [-0.3, -0.25) is 14.8 Å². The van der Waals surface area contributed by atoms with Crippen LogP contribution in [0, 0.1) is 6.92 Å². The second-order valence-electron chi connectivity index (χ2n) is 12.0. The van der Waals surface area contributed by atoms with E-state index in [1.54, 1.807) is 23.3 Å². The summed E-state index contributed by atoms with van der Waals surface area (Å²) in [7, 11) is 0. The van der Waals surface area contributed by atoms with Crippen LogP contribution in [0.1, 0.15) is 73.4 Å². The number of aliphatic hydroxyl groups is 1. The molecule has 12 nitrogen and oxygen atoms in total. The predicted octanol–water partition coefficient (Wildman–Crippen LogP) is 3.47. The summed E-state index contributed by atoms with van der Waals surface area (Å²) in [6.45, 7) is 9.51. The number of hydrogen-bond acceptors (Lipinski definition) is 9. The third-order valence-corrected chi connectivity index (χ3v) is 7.95. The number of H-pyrrole nitrogens is 1. The van der Waals surface area contributed by atoms with Gasteiger partial charge in [0.05, 0.1) is 41.0 Å². The summed E-state index contributed by atoms with van der Waals surface area (Å²) in [4.78, 5) is 24.8. The Morgan fingerprint density at radius 3 is 2.73 bits per heavy atom. The molecule has 0 bridgehead atoms.